The molecule has 0 aromatic rings. The van der Waals surface area contributed by atoms with Crippen molar-refractivity contribution >= 4 is 0 Å². The van der Waals surface area contributed by atoms with Gasteiger partial charge in [-0.3, -0.25) is 0 Å². The molecule has 1 atom stereocenters. The zero-order valence-electron chi connectivity index (χ0n) is 10.3. The molecule has 0 nitrogen and oxygen atoms in total. The highest BCUT2D eigenvalue weighted by Crippen LogP contribution is 2.47. The SMILES string of the molecule is C=C(C)C1CC2=C(C=CCC2)C(C)(C)C1. The van der Waals surface area contributed by atoms with Crippen LogP contribution in [0.2, 0.25) is 0 Å². The van der Waals surface area contributed by atoms with E-state index in [2.05, 4.69) is 39.5 Å². The Bertz CT molecular complexity index is 339. The summed E-state index contributed by atoms with van der Waals surface area (Å²) in [7, 11) is 0. The van der Waals surface area contributed by atoms with Gasteiger partial charge in [0.15, 0.2) is 0 Å². The largest absolute Gasteiger partial charge is 0.0998 e. The molecule has 15 heavy (non-hydrogen) atoms. The van der Waals surface area contributed by atoms with Crippen LogP contribution in [-0.4, -0.2) is 0 Å². The quantitative estimate of drug-likeness (QED) is 0.543. The van der Waals surface area contributed by atoms with E-state index in [1.54, 1.807) is 11.1 Å². The lowest BCUT2D eigenvalue weighted by Crippen LogP contribution is -2.27. The first kappa shape index (κ1) is 10.7. The van der Waals surface area contributed by atoms with E-state index in [0.29, 0.717) is 11.3 Å². The number of allylic oxidation sites excluding steroid dienone is 5. The van der Waals surface area contributed by atoms with Crippen molar-refractivity contribution in [1.29, 1.82) is 0 Å². The summed E-state index contributed by atoms with van der Waals surface area (Å²) in [5.74, 6) is 0.713. The van der Waals surface area contributed by atoms with Crippen molar-refractivity contribution < 1.29 is 0 Å². The maximum Gasteiger partial charge on any atom is -0.00983 e. The van der Waals surface area contributed by atoms with Crippen molar-refractivity contribution in [2.45, 2.75) is 46.5 Å². The Morgan fingerprint density at radius 1 is 1.47 bits per heavy atom. The van der Waals surface area contributed by atoms with Crippen molar-refractivity contribution in [3.05, 3.63) is 35.5 Å². The van der Waals surface area contributed by atoms with E-state index in [1.807, 2.05) is 0 Å². The Hall–Kier alpha value is -0.780. The molecule has 2 aliphatic carbocycles. The van der Waals surface area contributed by atoms with Gasteiger partial charge in [-0.25, -0.2) is 0 Å². The molecule has 0 amide bonds. The fourth-order valence-corrected chi connectivity index (χ4v) is 3.07. The van der Waals surface area contributed by atoms with Crippen LogP contribution in [0.15, 0.2) is 35.5 Å². The molecule has 0 saturated heterocycles. The van der Waals surface area contributed by atoms with Crippen molar-refractivity contribution in [1.82, 2.24) is 0 Å². The fourth-order valence-electron chi connectivity index (χ4n) is 3.07. The zero-order chi connectivity index (χ0) is 11.1. The van der Waals surface area contributed by atoms with Gasteiger partial charge in [0, 0.05) is 0 Å². The van der Waals surface area contributed by atoms with Crippen molar-refractivity contribution in [3.8, 4) is 0 Å². The molecule has 0 heterocycles. The molecule has 82 valence electrons. The maximum atomic E-state index is 4.14. The van der Waals surface area contributed by atoms with Gasteiger partial charge in [0.05, 0.1) is 0 Å². The molecule has 0 aliphatic heterocycles. The Labute approximate surface area is 93.8 Å². The van der Waals surface area contributed by atoms with Gasteiger partial charge in [-0.15, -0.1) is 0 Å². The lowest BCUT2D eigenvalue weighted by molar-refractivity contribution is 0.313. The molecule has 0 saturated carbocycles. The van der Waals surface area contributed by atoms with Crippen LogP contribution in [0.25, 0.3) is 0 Å². The van der Waals surface area contributed by atoms with E-state index >= 15 is 0 Å². The van der Waals surface area contributed by atoms with Gasteiger partial charge in [0.2, 0.25) is 0 Å². The molecule has 0 heteroatoms. The Balaban J connectivity index is 2.34. The van der Waals surface area contributed by atoms with Gasteiger partial charge >= 0.3 is 0 Å². The first-order valence-electron chi connectivity index (χ1n) is 6.05. The van der Waals surface area contributed by atoms with Crippen LogP contribution in [0, 0.1) is 11.3 Å². The van der Waals surface area contributed by atoms with E-state index in [4.69, 9.17) is 0 Å². The maximum absolute atomic E-state index is 4.14. The monoisotopic (exact) mass is 202 g/mol. The van der Waals surface area contributed by atoms with Gasteiger partial charge in [-0.2, -0.15) is 0 Å². The Kier molecular flexibility index (Phi) is 2.62. The second-order valence-electron chi connectivity index (χ2n) is 5.79. The summed E-state index contributed by atoms with van der Waals surface area (Å²) >= 11 is 0. The molecule has 0 radical (unpaired) electrons. The van der Waals surface area contributed by atoms with Gasteiger partial charge in [0.25, 0.3) is 0 Å². The van der Waals surface area contributed by atoms with Gasteiger partial charge in [0.1, 0.15) is 0 Å². The average Bonchev–Trinajstić information content (AvgIpc) is 2.16. The van der Waals surface area contributed by atoms with Crippen molar-refractivity contribution in [2.75, 3.05) is 0 Å². The highest BCUT2D eigenvalue weighted by atomic mass is 14.4. The lowest BCUT2D eigenvalue weighted by atomic mass is 9.65. The van der Waals surface area contributed by atoms with E-state index in [-0.39, 0.29) is 0 Å². The number of hydrogen-bond donors (Lipinski definition) is 0. The predicted molar refractivity (Wildman–Crippen MR) is 66.7 cm³/mol. The average molecular weight is 202 g/mol. The summed E-state index contributed by atoms with van der Waals surface area (Å²) in [5, 5.41) is 0. The Morgan fingerprint density at radius 2 is 2.20 bits per heavy atom. The predicted octanol–water partition coefficient (Wildman–Crippen LogP) is 4.65. The molecule has 0 fully saturated rings. The molecule has 0 aromatic carbocycles. The van der Waals surface area contributed by atoms with E-state index < -0.39 is 0 Å². The Morgan fingerprint density at radius 3 is 2.87 bits per heavy atom. The first-order valence-corrected chi connectivity index (χ1v) is 6.05. The second kappa shape index (κ2) is 3.66. The minimum absolute atomic E-state index is 0.355. The number of hydrogen-bond acceptors (Lipinski definition) is 0. The topological polar surface area (TPSA) is 0 Å². The molecule has 1 unspecified atom stereocenters. The number of rotatable bonds is 1. The minimum atomic E-state index is 0.355. The van der Waals surface area contributed by atoms with Gasteiger partial charge in [-0.1, -0.05) is 43.7 Å². The third-order valence-electron chi connectivity index (χ3n) is 3.95. The van der Waals surface area contributed by atoms with Crippen LogP contribution >= 0.6 is 0 Å². The van der Waals surface area contributed by atoms with Crippen molar-refractivity contribution in [2.24, 2.45) is 11.3 Å². The standard InChI is InChI=1S/C15H22/c1-11(2)13-9-12-7-5-6-8-14(12)15(3,4)10-13/h6,8,13H,1,5,7,9-10H2,2-4H3. The van der Waals surface area contributed by atoms with E-state index in [0.717, 1.165) is 0 Å². The van der Waals surface area contributed by atoms with Crippen LogP contribution < -0.4 is 0 Å². The summed E-state index contributed by atoms with van der Waals surface area (Å²) in [6.45, 7) is 11.1. The first-order chi connectivity index (χ1) is 7.00. The molecule has 0 N–H and O–H groups in total. The summed E-state index contributed by atoms with van der Waals surface area (Å²) in [4.78, 5) is 0. The van der Waals surface area contributed by atoms with Crippen LogP contribution in [0.1, 0.15) is 46.5 Å². The minimum Gasteiger partial charge on any atom is -0.0998 e. The van der Waals surface area contributed by atoms with Crippen LogP contribution in [0.4, 0.5) is 0 Å². The molecular weight excluding hydrogens is 180 g/mol. The van der Waals surface area contributed by atoms with Crippen LogP contribution in [0.5, 0.6) is 0 Å². The smallest absolute Gasteiger partial charge is 0.00983 e. The summed E-state index contributed by atoms with van der Waals surface area (Å²) in [6.07, 6.45) is 9.75. The third-order valence-corrected chi connectivity index (χ3v) is 3.95. The van der Waals surface area contributed by atoms with Crippen molar-refractivity contribution in [3.63, 3.8) is 0 Å². The highest BCUT2D eigenvalue weighted by Gasteiger charge is 2.34. The molecule has 0 bridgehead atoms. The van der Waals surface area contributed by atoms with Crippen LogP contribution in [0.3, 0.4) is 0 Å². The molecule has 2 aliphatic rings. The van der Waals surface area contributed by atoms with Crippen LogP contribution in [-0.2, 0) is 0 Å². The summed E-state index contributed by atoms with van der Waals surface area (Å²) < 4.78 is 0. The van der Waals surface area contributed by atoms with Gasteiger partial charge < -0.3 is 0 Å². The lowest BCUT2D eigenvalue weighted by Gasteiger charge is -2.40. The van der Waals surface area contributed by atoms with Gasteiger partial charge in [-0.05, 0) is 49.5 Å². The molecule has 0 aromatic heterocycles. The molecule has 0 spiro atoms. The highest BCUT2D eigenvalue weighted by molar-refractivity contribution is 5.37. The molecule has 2 rings (SSSR count). The summed E-state index contributed by atoms with van der Waals surface area (Å²) in [5.41, 5.74) is 5.03. The normalized spacial score (nSPS) is 28.9. The fraction of sp³-hybridized carbons (Fsp3) is 0.600. The summed E-state index contributed by atoms with van der Waals surface area (Å²) in [6, 6.07) is 0. The third kappa shape index (κ3) is 1.95. The van der Waals surface area contributed by atoms with E-state index in [1.165, 1.54) is 31.3 Å². The zero-order valence-corrected chi connectivity index (χ0v) is 10.3. The molecular formula is C15H22. The second-order valence-corrected chi connectivity index (χ2v) is 5.79. The van der Waals surface area contributed by atoms with E-state index in [9.17, 15) is 0 Å².